The summed E-state index contributed by atoms with van der Waals surface area (Å²) >= 11 is 0. The van der Waals surface area contributed by atoms with E-state index in [1.807, 2.05) is 7.05 Å². The lowest BCUT2D eigenvalue weighted by Gasteiger charge is -1.86. The predicted molar refractivity (Wildman–Crippen MR) is 70.7 cm³/mol. The SMILES string of the molecule is C.C.C.C.CCNC.CCNCC. The molecular weight excluding hydrogens is 160 g/mol. The Kier molecular flexibility index (Phi) is 173. The molecule has 0 bridgehead atoms. The van der Waals surface area contributed by atoms with Crippen LogP contribution in [0.2, 0.25) is 0 Å². The maximum atomic E-state index is 3.11. The summed E-state index contributed by atoms with van der Waals surface area (Å²) in [5.41, 5.74) is 0. The highest BCUT2D eigenvalue weighted by Gasteiger charge is 1.62. The molecule has 0 aliphatic heterocycles. The van der Waals surface area contributed by atoms with E-state index in [1.54, 1.807) is 0 Å². The van der Waals surface area contributed by atoms with Crippen molar-refractivity contribution < 1.29 is 0 Å². The highest BCUT2D eigenvalue weighted by Crippen LogP contribution is 1.47. The lowest BCUT2D eigenvalue weighted by Crippen LogP contribution is -2.09. The van der Waals surface area contributed by atoms with Crippen molar-refractivity contribution >= 4 is 0 Å². The maximum Gasteiger partial charge on any atom is -0.00775 e. The molecule has 2 N–H and O–H groups in total. The largest absolute Gasteiger partial charge is 0.320 e. The van der Waals surface area contributed by atoms with Crippen LogP contribution < -0.4 is 10.6 Å². The van der Waals surface area contributed by atoms with Gasteiger partial charge in [0.05, 0.1) is 0 Å². The Morgan fingerprint density at radius 3 is 0.923 bits per heavy atom. The predicted octanol–water partition coefficient (Wildman–Crippen LogP) is 3.39. The first-order chi connectivity index (χ1) is 4.33. The molecule has 0 saturated carbocycles. The fraction of sp³-hybridized carbons (Fsp3) is 1.00. The van der Waals surface area contributed by atoms with Gasteiger partial charge in [-0.1, -0.05) is 50.5 Å². The molecule has 2 nitrogen and oxygen atoms in total. The summed E-state index contributed by atoms with van der Waals surface area (Å²) in [6.45, 7) is 9.53. The molecule has 0 aromatic carbocycles. The molecule has 0 aromatic rings. The minimum Gasteiger partial charge on any atom is -0.320 e. The van der Waals surface area contributed by atoms with E-state index >= 15 is 0 Å². The average Bonchev–Trinajstić information content (AvgIpc) is 1.91. The van der Waals surface area contributed by atoms with Crippen LogP contribution in [0.4, 0.5) is 0 Å². The van der Waals surface area contributed by atoms with Gasteiger partial charge in [-0.2, -0.15) is 0 Å². The smallest absolute Gasteiger partial charge is 0.00775 e. The van der Waals surface area contributed by atoms with Crippen LogP contribution >= 0.6 is 0 Å². The maximum absolute atomic E-state index is 3.11. The topological polar surface area (TPSA) is 24.1 Å². The summed E-state index contributed by atoms with van der Waals surface area (Å²) in [5.74, 6) is 0. The normalized spacial score (nSPS) is 5.54. The van der Waals surface area contributed by atoms with Gasteiger partial charge in [-0.15, -0.1) is 0 Å². The summed E-state index contributed by atoms with van der Waals surface area (Å²) in [6.07, 6.45) is 0. The molecule has 0 aliphatic rings. The van der Waals surface area contributed by atoms with Crippen molar-refractivity contribution in [3.05, 3.63) is 0 Å². The van der Waals surface area contributed by atoms with Gasteiger partial charge in [0.15, 0.2) is 0 Å². The van der Waals surface area contributed by atoms with E-state index in [4.69, 9.17) is 0 Å². The average molecular weight is 196 g/mol. The third-order valence-electron chi connectivity index (χ3n) is 0.854. The van der Waals surface area contributed by atoms with Crippen molar-refractivity contribution in [1.29, 1.82) is 0 Å². The van der Waals surface area contributed by atoms with E-state index in [-0.39, 0.29) is 29.7 Å². The molecule has 0 rings (SSSR count). The molecule has 13 heavy (non-hydrogen) atoms. The molecule has 0 unspecified atom stereocenters. The second-order valence-corrected chi connectivity index (χ2v) is 1.66. The quantitative estimate of drug-likeness (QED) is 0.723. The zero-order chi connectivity index (χ0) is 7.54. The molecule has 0 fully saturated rings. The molecule has 90 valence electrons. The van der Waals surface area contributed by atoms with Crippen LogP contribution in [0, 0.1) is 0 Å². The first-order valence-electron chi connectivity index (χ1n) is 3.68. The highest BCUT2D eigenvalue weighted by atomic mass is 14.8. The first kappa shape index (κ1) is 38.3. The highest BCUT2D eigenvalue weighted by molar-refractivity contribution is 4.27. The van der Waals surface area contributed by atoms with E-state index in [0.29, 0.717) is 0 Å². The Morgan fingerprint density at radius 2 is 0.923 bits per heavy atom. The van der Waals surface area contributed by atoms with E-state index in [9.17, 15) is 0 Å². The number of hydrogen-bond acceptors (Lipinski definition) is 2. The fourth-order valence-electron chi connectivity index (χ4n) is 0.250. The third kappa shape index (κ3) is 138. The molecule has 0 radical (unpaired) electrons. The molecule has 0 aromatic heterocycles. The number of nitrogens with one attached hydrogen (secondary N) is 2. The van der Waals surface area contributed by atoms with Gasteiger partial charge in [0.2, 0.25) is 0 Å². The van der Waals surface area contributed by atoms with Crippen LogP contribution in [0.25, 0.3) is 0 Å². The Bertz CT molecular complexity index is 27.3. The third-order valence-corrected chi connectivity index (χ3v) is 0.854. The Balaban J connectivity index is -0.0000000146. The van der Waals surface area contributed by atoms with Gasteiger partial charge in [0.25, 0.3) is 0 Å². The van der Waals surface area contributed by atoms with Crippen LogP contribution in [0.3, 0.4) is 0 Å². The van der Waals surface area contributed by atoms with Gasteiger partial charge in [0, 0.05) is 0 Å². The summed E-state index contributed by atoms with van der Waals surface area (Å²) in [4.78, 5) is 0. The van der Waals surface area contributed by atoms with Crippen molar-refractivity contribution in [1.82, 2.24) is 10.6 Å². The molecule has 0 heterocycles. The van der Waals surface area contributed by atoms with Crippen molar-refractivity contribution in [2.24, 2.45) is 0 Å². The summed E-state index contributed by atoms with van der Waals surface area (Å²) in [6, 6.07) is 0. The van der Waals surface area contributed by atoms with Gasteiger partial charge < -0.3 is 10.6 Å². The van der Waals surface area contributed by atoms with Gasteiger partial charge in [-0.05, 0) is 26.7 Å². The Hall–Kier alpha value is -0.0800. The number of hydrogen-bond donors (Lipinski definition) is 2. The minimum absolute atomic E-state index is 0. The first-order valence-corrected chi connectivity index (χ1v) is 3.68. The molecule has 0 aliphatic carbocycles. The standard InChI is InChI=1S/C4H11N.C3H9N.4CH4/c1-3-5-4-2;1-3-4-2;;;;/h5H,3-4H2,1-2H3;4H,3H2,1-2H3;4*1H4. The van der Waals surface area contributed by atoms with Crippen LogP contribution in [-0.4, -0.2) is 26.7 Å². The molecule has 0 amide bonds. The molecule has 0 atom stereocenters. The van der Waals surface area contributed by atoms with E-state index in [1.165, 1.54) is 0 Å². The van der Waals surface area contributed by atoms with Crippen molar-refractivity contribution in [2.45, 2.75) is 50.5 Å². The van der Waals surface area contributed by atoms with Crippen molar-refractivity contribution in [2.75, 3.05) is 26.7 Å². The molecular formula is C11H36N2. The van der Waals surface area contributed by atoms with Gasteiger partial charge in [0.1, 0.15) is 0 Å². The zero-order valence-corrected chi connectivity index (χ0v) is 7.12. The summed E-state index contributed by atoms with van der Waals surface area (Å²) in [7, 11) is 1.93. The van der Waals surface area contributed by atoms with Crippen LogP contribution in [0.15, 0.2) is 0 Å². The zero-order valence-electron chi connectivity index (χ0n) is 7.12. The monoisotopic (exact) mass is 196 g/mol. The van der Waals surface area contributed by atoms with Gasteiger partial charge in [-0.25, -0.2) is 0 Å². The van der Waals surface area contributed by atoms with E-state index in [2.05, 4.69) is 31.4 Å². The lowest BCUT2D eigenvalue weighted by molar-refractivity contribution is 0.762. The van der Waals surface area contributed by atoms with E-state index in [0.717, 1.165) is 19.6 Å². The van der Waals surface area contributed by atoms with Crippen LogP contribution in [0.5, 0.6) is 0 Å². The van der Waals surface area contributed by atoms with Gasteiger partial charge in [-0.3, -0.25) is 0 Å². The van der Waals surface area contributed by atoms with Gasteiger partial charge >= 0.3 is 0 Å². The number of rotatable bonds is 3. The minimum atomic E-state index is 0. The molecule has 0 spiro atoms. The van der Waals surface area contributed by atoms with E-state index < -0.39 is 0 Å². The summed E-state index contributed by atoms with van der Waals surface area (Å²) in [5, 5.41) is 6.04. The second kappa shape index (κ2) is 58.7. The lowest BCUT2D eigenvalue weighted by atomic mass is 10.7. The Labute approximate surface area is 88.5 Å². The molecule has 0 saturated heterocycles. The van der Waals surface area contributed by atoms with Crippen molar-refractivity contribution in [3.63, 3.8) is 0 Å². The molecule has 2 heteroatoms. The fourth-order valence-corrected chi connectivity index (χ4v) is 0.250. The van der Waals surface area contributed by atoms with Crippen molar-refractivity contribution in [3.8, 4) is 0 Å². The Morgan fingerprint density at radius 1 is 0.692 bits per heavy atom. The second-order valence-electron chi connectivity index (χ2n) is 1.66. The van der Waals surface area contributed by atoms with Crippen LogP contribution in [-0.2, 0) is 0 Å². The van der Waals surface area contributed by atoms with Crippen LogP contribution in [0.1, 0.15) is 50.5 Å². The summed E-state index contributed by atoms with van der Waals surface area (Å²) < 4.78 is 0.